The molecule has 0 aromatic heterocycles. The number of hydrogen-bond acceptors (Lipinski definition) is 4. The van der Waals surface area contributed by atoms with Crippen LogP contribution in [0.1, 0.15) is 12.0 Å². The van der Waals surface area contributed by atoms with E-state index in [4.69, 9.17) is 0 Å². The van der Waals surface area contributed by atoms with Crippen molar-refractivity contribution in [2.24, 2.45) is 5.92 Å². The molecule has 0 radical (unpaired) electrons. The largest absolute Gasteiger partial charge is 0.326 e. The number of carbonyl (C=O) groups excluding carboxylic acids is 2. The fourth-order valence-corrected chi connectivity index (χ4v) is 4.82. The van der Waals surface area contributed by atoms with E-state index >= 15 is 0 Å². The van der Waals surface area contributed by atoms with Crippen LogP contribution >= 0.6 is 11.8 Å². The second-order valence-electron chi connectivity index (χ2n) is 7.61. The lowest BCUT2D eigenvalue weighted by Gasteiger charge is -2.26. The zero-order valence-corrected chi connectivity index (χ0v) is 17.3. The fraction of sp³-hybridized carbons (Fsp3) is 0.364. The Labute approximate surface area is 178 Å². The van der Waals surface area contributed by atoms with Gasteiger partial charge < -0.3 is 10.2 Å². The fourth-order valence-electron chi connectivity index (χ4n) is 3.84. The number of hydrogen-bond donors (Lipinski definition) is 1. The van der Waals surface area contributed by atoms with Gasteiger partial charge in [-0.3, -0.25) is 14.5 Å². The molecule has 5 nitrogen and oxygen atoms in total. The van der Waals surface area contributed by atoms with Crippen LogP contribution < -0.4 is 10.2 Å². The Morgan fingerprint density at radius 3 is 2.57 bits per heavy atom. The summed E-state index contributed by atoms with van der Waals surface area (Å²) in [6.07, 6.45) is 0.00903. The Morgan fingerprint density at radius 1 is 1.10 bits per heavy atom. The first-order chi connectivity index (χ1) is 14.5. The molecule has 2 aliphatic rings. The quantitative estimate of drug-likeness (QED) is 0.787. The highest BCUT2D eigenvalue weighted by atomic mass is 32.2. The van der Waals surface area contributed by atoms with Crippen LogP contribution in [0.4, 0.5) is 20.2 Å². The van der Waals surface area contributed by atoms with Gasteiger partial charge in [-0.15, -0.1) is 0 Å². The number of benzene rings is 2. The number of halogens is 2. The van der Waals surface area contributed by atoms with Gasteiger partial charge in [0.15, 0.2) is 0 Å². The number of anilines is 2. The lowest BCUT2D eigenvalue weighted by molar-refractivity contribution is -0.122. The molecule has 1 unspecified atom stereocenters. The van der Waals surface area contributed by atoms with E-state index in [1.165, 1.54) is 4.90 Å². The minimum atomic E-state index is -0.755. The van der Waals surface area contributed by atoms with Crippen molar-refractivity contribution in [3.63, 3.8) is 0 Å². The van der Waals surface area contributed by atoms with Gasteiger partial charge in [0.2, 0.25) is 11.8 Å². The molecule has 0 spiro atoms. The Balaban J connectivity index is 1.39. The molecule has 1 atom stereocenters. The molecule has 2 aromatic carbocycles. The van der Waals surface area contributed by atoms with Crippen LogP contribution in [0.15, 0.2) is 42.5 Å². The topological polar surface area (TPSA) is 52.7 Å². The third-order valence-corrected chi connectivity index (χ3v) is 6.30. The Kier molecular flexibility index (Phi) is 6.34. The molecule has 0 bridgehead atoms. The lowest BCUT2D eigenvalue weighted by atomic mass is 10.1. The monoisotopic (exact) mass is 431 g/mol. The Bertz CT molecular complexity index is 929. The van der Waals surface area contributed by atoms with Gasteiger partial charge in [-0.1, -0.05) is 12.1 Å². The van der Waals surface area contributed by atoms with E-state index in [9.17, 15) is 18.4 Å². The van der Waals surface area contributed by atoms with Crippen LogP contribution in [-0.2, 0) is 16.1 Å². The molecule has 1 N–H and O–H groups in total. The summed E-state index contributed by atoms with van der Waals surface area (Å²) in [7, 11) is 0. The number of nitrogens with one attached hydrogen (secondary N) is 1. The van der Waals surface area contributed by atoms with Gasteiger partial charge in [-0.25, -0.2) is 8.78 Å². The van der Waals surface area contributed by atoms with Crippen LogP contribution in [0.5, 0.6) is 0 Å². The van der Waals surface area contributed by atoms with Crippen molar-refractivity contribution in [2.45, 2.75) is 13.0 Å². The summed E-state index contributed by atoms with van der Waals surface area (Å²) in [5.74, 6) is -0.405. The predicted octanol–water partition coefficient (Wildman–Crippen LogP) is 3.51. The molecule has 2 fully saturated rings. The molecule has 2 aliphatic heterocycles. The normalized spacial score (nSPS) is 19.9. The molecule has 0 saturated carbocycles. The van der Waals surface area contributed by atoms with Crippen LogP contribution in [0.25, 0.3) is 0 Å². The van der Waals surface area contributed by atoms with Gasteiger partial charge in [-0.05, 0) is 29.8 Å². The van der Waals surface area contributed by atoms with Crippen molar-refractivity contribution in [1.82, 2.24) is 4.90 Å². The number of carbonyl (C=O) groups is 2. The van der Waals surface area contributed by atoms with E-state index < -0.39 is 17.6 Å². The van der Waals surface area contributed by atoms with Crippen molar-refractivity contribution >= 4 is 35.0 Å². The van der Waals surface area contributed by atoms with Crippen molar-refractivity contribution in [3.05, 3.63) is 59.7 Å². The summed E-state index contributed by atoms with van der Waals surface area (Å²) in [5.41, 5.74) is 1.94. The second kappa shape index (κ2) is 9.14. The highest BCUT2D eigenvalue weighted by Gasteiger charge is 2.35. The van der Waals surface area contributed by atoms with Crippen LogP contribution in [0.2, 0.25) is 0 Å². The first kappa shape index (κ1) is 20.8. The molecule has 4 rings (SSSR count). The maximum absolute atomic E-state index is 13.5. The average Bonchev–Trinajstić information content (AvgIpc) is 3.10. The number of thioether (sulfide) groups is 1. The maximum atomic E-state index is 13.5. The smallest absolute Gasteiger partial charge is 0.229 e. The summed E-state index contributed by atoms with van der Waals surface area (Å²) in [6.45, 7) is 3.05. The zero-order valence-electron chi connectivity index (χ0n) is 16.4. The lowest BCUT2D eigenvalue weighted by Crippen LogP contribution is -2.32. The highest BCUT2D eigenvalue weighted by molar-refractivity contribution is 7.99. The van der Waals surface area contributed by atoms with E-state index in [0.717, 1.165) is 54.9 Å². The standard InChI is InChI=1S/C22H23F2N3O2S/c23-17-10-18(24)12-20(11-17)27-14-16(9-21(27)28)22(29)25-19-3-1-2-15(8-19)13-26-4-6-30-7-5-26/h1-3,8,10-12,16H,4-7,9,13-14H2,(H,25,29). The van der Waals surface area contributed by atoms with E-state index in [-0.39, 0.29) is 30.5 Å². The summed E-state index contributed by atoms with van der Waals surface area (Å²) in [6, 6.07) is 10.7. The molecule has 2 saturated heterocycles. The van der Waals surface area contributed by atoms with Gasteiger partial charge in [-0.2, -0.15) is 11.8 Å². The van der Waals surface area contributed by atoms with Crippen molar-refractivity contribution in [3.8, 4) is 0 Å². The molecule has 30 heavy (non-hydrogen) atoms. The molecular weight excluding hydrogens is 408 g/mol. The minimum absolute atomic E-state index is 0.00903. The molecular formula is C22H23F2N3O2S. The minimum Gasteiger partial charge on any atom is -0.326 e. The molecule has 0 aliphatic carbocycles. The van der Waals surface area contributed by atoms with Crippen LogP contribution in [0, 0.1) is 17.6 Å². The first-order valence-corrected chi connectivity index (χ1v) is 11.1. The Morgan fingerprint density at radius 2 is 1.83 bits per heavy atom. The summed E-state index contributed by atoms with van der Waals surface area (Å²) >= 11 is 1.96. The van der Waals surface area contributed by atoms with Crippen LogP contribution in [-0.4, -0.2) is 47.9 Å². The maximum Gasteiger partial charge on any atom is 0.229 e. The van der Waals surface area contributed by atoms with Crippen molar-refractivity contribution in [1.29, 1.82) is 0 Å². The van der Waals surface area contributed by atoms with E-state index in [1.807, 2.05) is 36.0 Å². The third kappa shape index (κ3) is 4.99. The summed E-state index contributed by atoms with van der Waals surface area (Å²) < 4.78 is 27.0. The molecule has 8 heteroatoms. The van der Waals surface area contributed by atoms with Gasteiger partial charge in [0.1, 0.15) is 11.6 Å². The molecule has 2 heterocycles. The molecule has 2 aromatic rings. The number of amides is 2. The average molecular weight is 432 g/mol. The molecule has 158 valence electrons. The number of nitrogens with zero attached hydrogens (tertiary/aromatic N) is 2. The van der Waals surface area contributed by atoms with E-state index in [0.29, 0.717) is 5.69 Å². The van der Waals surface area contributed by atoms with E-state index in [1.54, 1.807) is 0 Å². The number of rotatable bonds is 5. The van der Waals surface area contributed by atoms with Gasteiger partial charge in [0, 0.05) is 61.5 Å². The van der Waals surface area contributed by atoms with Crippen molar-refractivity contribution < 1.29 is 18.4 Å². The van der Waals surface area contributed by atoms with Crippen LogP contribution in [0.3, 0.4) is 0 Å². The molecule has 2 amide bonds. The van der Waals surface area contributed by atoms with Gasteiger partial charge >= 0.3 is 0 Å². The Hall–Kier alpha value is -2.45. The van der Waals surface area contributed by atoms with Gasteiger partial charge in [0.25, 0.3) is 0 Å². The summed E-state index contributed by atoms with van der Waals surface area (Å²) in [4.78, 5) is 28.7. The SMILES string of the molecule is O=C(Nc1cccc(CN2CCSCC2)c1)C1CC(=O)N(c2cc(F)cc(F)c2)C1. The highest BCUT2D eigenvalue weighted by Crippen LogP contribution is 2.27. The second-order valence-corrected chi connectivity index (χ2v) is 8.84. The van der Waals surface area contributed by atoms with E-state index in [2.05, 4.69) is 10.2 Å². The van der Waals surface area contributed by atoms with Crippen molar-refractivity contribution in [2.75, 3.05) is 41.4 Å². The summed E-state index contributed by atoms with van der Waals surface area (Å²) in [5, 5.41) is 2.89. The predicted molar refractivity (Wildman–Crippen MR) is 114 cm³/mol. The first-order valence-electron chi connectivity index (χ1n) is 9.94. The zero-order chi connectivity index (χ0) is 21.1. The third-order valence-electron chi connectivity index (χ3n) is 5.36. The van der Waals surface area contributed by atoms with Gasteiger partial charge in [0.05, 0.1) is 5.92 Å².